The van der Waals surface area contributed by atoms with Gasteiger partial charge in [0.2, 0.25) is 0 Å². The second-order valence-corrected chi connectivity index (χ2v) is 4.59. The van der Waals surface area contributed by atoms with E-state index in [1.165, 1.54) is 6.07 Å². The van der Waals surface area contributed by atoms with E-state index in [0.717, 1.165) is 18.6 Å². The van der Waals surface area contributed by atoms with Crippen LogP contribution in [0, 0.1) is 18.6 Å². The smallest absolute Gasteiger partial charge is 0.133 e. The standard InChI is InChI=1S/C15H17F2N3/c1-4-5-13-19-14(9(2)15(18-3)20-13)11-8-10(16)6-7-12(11)17/h6-8H,4-5H2,1-3H3,(H,18,19,20). The van der Waals surface area contributed by atoms with Crippen LogP contribution < -0.4 is 5.32 Å². The van der Waals surface area contributed by atoms with Gasteiger partial charge >= 0.3 is 0 Å². The Morgan fingerprint density at radius 1 is 1.20 bits per heavy atom. The predicted molar refractivity (Wildman–Crippen MR) is 75.7 cm³/mol. The lowest BCUT2D eigenvalue weighted by molar-refractivity contribution is 0.602. The van der Waals surface area contributed by atoms with Crippen molar-refractivity contribution in [3.63, 3.8) is 0 Å². The second kappa shape index (κ2) is 5.94. The SMILES string of the molecule is CCCc1nc(NC)c(C)c(-c2cc(F)ccc2F)n1. The van der Waals surface area contributed by atoms with Gasteiger partial charge in [0.1, 0.15) is 23.3 Å². The molecule has 3 nitrogen and oxygen atoms in total. The van der Waals surface area contributed by atoms with Gasteiger partial charge in [-0.3, -0.25) is 0 Å². The maximum absolute atomic E-state index is 13.9. The van der Waals surface area contributed by atoms with Crippen molar-refractivity contribution in [3.05, 3.63) is 41.2 Å². The molecule has 20 heavy (non-hydrogen) atoms. The highest BCUT2D eigenvalue weighted by molar-refractivity contribution is 5.68. The zero-order valence-electron chi connectivity index (χ0n) is 11.8. The summed E-state index contributed by atoms with van der Waals surface area (Å²) in [7, 11) is 1.75. The van der Waals surface area contributed by atoms with Crippen molar-refractivity contribution >= 4 is 5.82 Å². The minimum absolute atomic E-state index is 0.166. The van der Waals surface area contributed by atoms with Crippen LogP contribution in [0.2, 0.25) is 0 Å². The maximum atomic E-state index is 13.9. The lowest BCUT2D eigenvalue weighted by atomic mass is 10.1. The minimum atomic E-state index is -0.488. The number of benzene rings is 1. The van der Waals surface area contributed by atoms with Crippen LogP contribution in [-0.4, -0.2) is 17.0 Å². The quantitative estimate of drug-likeness (QED) is 0.925. The fourth-order valence-corrected chi connectivity index (χ4v) is 2.08. The van der Waals surface area contributed by atoms with E-state index in [4.69, 9.17) is 0 Å². The van der Waals surface area contributed by atoms with Gasteiger partial charge < -0.3 is 5.32 Å². The fourth-order valence-electron chi connectivity index (χ4n) is 2.08. The first-order valence-electron chi connectivity index (χ1n) is 6.57. The molecule has 106 valence electrons. The van der Waals surface area contributed by atoms with Crippen molar-refractivity contribution in [2.24, 2.45) is 0 Å². The normalized spacial score (nSPS) is 10.7. The molecule has 0 aliphatic rings. The van der Waals surface area contributed by atoms with E-state index in [-0.39, 0.29) is 5.56 Å². The lowest BCUT2D eigenvalue weighted by Crippen LogP contribution is -2.06. The Labute approximate surface area is 117 Å². The summed E-state index contributed by atoms with van der Waals surface area (Å²) in [6.45, 7) is 3.81. The van der Waals surface area contributed by atoms with Gasteiger partial charge in [-0.2, -0.15) is 0 Å². The number of rotatable bonds is 4. The molecular weight excluding hydrogens is 260 g/mol. The van der Waals surface area contributed by atoms with E-state index >= 15 is 0 Å². The van der Waals surface area contributed by atoms with Crippen molar-refractivity contribution < 1.29 is 8.78 Å². The Morgan fingerprint density at radius 3 is 2.60 bits per heavy atom. The molecule has 1 aromatic carbocycles. The number of aryl methyl sites for hydroxylation is 1. The molecule has 2 aromatic rings. The minimum Gasteiger partial charge on any atom is -0.373 e. The topological polar surface area (TPSA) is 37.8 Å². The van der Waals surface area contributed by atoms with Crippen LogP contribution in [0.15, 0.2) is 18.2 Å². The van der Waals surface area contributed by atoms with Gasteiger partial charge in [-0.15, -0.1) is 0 Å². The molecule has 0 saturated heterocycles. The molecule has 0 fully saturated rings. The summed E-state index contributed by atoms with van der Waals surface area (Å²) < 4.78 is 27.3. The summed E-state index contributed by atoms with van der Waals surface area (Å²) in [6.07, 6.45) is 1.58. The van der Waals surface area contributed by atoms with Gasteiger partial charge in [0, 0.05) is 24.6 Å². The first-order chi connectivity index (χ1) is 9.56. The van der Waals surface area contributed by atoms with E-state index in [1.54, 1.807) is 14.0 Å². The van der Waals surface area contributed by atoms with Crippen LogP contribution in [0.5, 0.6) is 0 Å². The van der Waals surface area contributed by atoms with Crippen LogP contribution in [-0.2, 0) is 6.42 Å². The average Bonchev–Trinajstić information content (AvgIpc) is 2.43. The number of nitrogens with zero attached hydrogens (tertiary/aromatic N) is 2. The molecule has 0 unspecified atom stereocenters. The van der Waals surface area contributed by atoms with Crippen molar-refractivity contribution in [1.29, 1.82) is 0 Å². The summed E-state index contributed by atoms with van der Waals surface area (Å²) >= 11 is 0. The third-order valence-corrected chi connectivity index (χ3v) is 3.09. The Morgan fingerprint density at radius 2 is 1.95 bits per heavy atom. The van der Waals surface area contributed by atoms with Gasteiger partial charge in [0.05, 0.1) is 5.69 Å². The summed E-state index contributed by atoms with van der Waals surface area (Å²) in [5, 5.41) is 2.97. The van der Waals surface area contributed by atoms with Crippen LogP contribution in [0.25, 0.3) is 11.3 Å². The summed E-state index contributed by atoms with van der Waals surface area (Å²) in [5.41, 5.74) is 1.31. The number of halogens is 2. The molecule has 0 bridgehead atoms. The first kappa shape index (κ1) is 14.4. The highest BCUT2D eigenvalue weighted by Gasteiger charge is 2.15. The van der Waals surface area contributed by atoms with Crippen LogP contribution in [0.4, 0.5) is 14.6 Å². The van der Waals surface area contributed by atoms with Gasteiger partial charge in [-0.25, -0.2) is 18.7 Å². The molecule has 1 N–H and O–H groups in total. The highest BCUT2D eigenvalue weighted by atomic mass is 19.1. The predicted octanol–water partition coefficient (Wildman–Crippen LogP) is 3.72. The Bertz CT molecular complexity index is 627. The summed E-state index contributed by atoms with van der Waals surface area (Å²) in [4.78, 5) is 8.77. The monoisotopic (exact) mass is 277 g/mol. The fraction of sp³-hybridized carbons (Fsp3) is 0.333. The molecule has 0 aliphatic heterocycles. The number of nitrogens with one attached hydrogen (secondary N) is 1. The molecular formula is C15H17F2N3. The van der Waals surface area contributed by atoms with Crippen molar-refractivity contribution in [3.8, 4) is 11.3 Å². The molecule has 0 spiro atoms. The van der Waals surface area contributed by atoms with Crippen molar-refractivity contribution in [2.75, 3.05) is 12.4 Å². The molecule has 0 radical (unpaired) electrons. The van der Waals surface area contributed by atoms with Gasteiger partial charge in [-0.05, 0) is 31.5 Å². The lowest BCUT2D eigenvalue weighted by Gasteiger charge is -2.12. The van der Waals surface area contributed by atoms with Gasteiger partial charge in [0.25, 0.3) is 0 Å². The zero-order chi connectivity index (χ0) is 14.7. The van der Waals surface area contributed by atoms with Gasteiger partial charge in [-0.1, -0.05) is 6.92 Å². The Hall–Kier alpha value is -2.04. The van der Waals surface area contributed by atoms with Crippen LogP contribution in [0.3, 0.4) is 0 Å². The largest absolute Gasteiger partial charge is 0.373 e. The van der Waals surface area contributed by atoms with E-state index in [9.17, 15) is 8.78 Å². The summed E-state index contributed by atoms with van der Waals surface area (Å²) in [6, 6.07) is 3.38. The third-order valence-electron chi connectivity index (χ3n) is 3.09. The van der Waals surface area contributed by atoms with E-state index < -0.39 is 11.6 Å². The van der Waals surface area contributed by atoms with Gasteiger partial charge in [0.15, 0.2) is 0 Å². The molecule has 2 rings (SSSR count). The van der Waals surface area contributed by atoms with Crippen molar-refractivity contribution in [2.45, 2.75) is 26.7 Å². The molecule has 0 amide bonds. The molecule has 1 heterocycles. The van der Waals surface area contributed by atoms with Crippen molar-refractivity contribution in [1.82, 2.24) is 9.97 Å². The van der Waals surface area contributed by atoms with E-state index in [2.05, 4.69) is 15.3 Å². The third kappa shape index (κ3) is 2.76. The summed E-state index contributed by atoms with van der Waals surface area (Å²) in [5.74, 6) is 0.295. The highest BCUT2D eigenvalue weighted by Crippen LogP contribution is 2.28. The van der Waals surface area contributed by atoms with Crippen LogP contribution >= 0.6 is 0 Å². The molecule has 1 aromatic heterocycles. The number of aromatic nitrogens is 2. The molecule has 5 heteroatoms. The van der Waals surface area contributed by atoms with E-state index in [1.807, 2.05) is 6.92 Å². The zero-order valence-corrected chi connectivity index (χ0v) is 11.8. The number of hydrogen-bond donors (Lipinski definition) is 1. The molecule has 0 aliphatic carbocycles. The van der Waals surface area contributed by atoms with Crippen LogP contribution in [0.1, 0.15) is 24.7 Å². The average molecular weight is 277 g/mol. The Kier molecular flexibility index (Phi) is 4.27. The number of anilines is 1. The molecule has 0 atom stereocenters. The molecule has 0 saturated carbocycles. The van der Waals surface area contributed by atoms with E-state index in [0.29, 0.717) is 29.3 Å². The second-order valence-electron chi connectivity index (χ2n) is 4.59. The number of hydrogen-bond acceptors (Lipinski definition) is 3. The Balaban J connectivity index is 2.65. The first-order valence-corrected chi connectivity index (χ1v) is 6.57. The maximum Gasteiger partial charge on any atom is 0.133 e.